The van der Waals surface area contributed by atoms with Gasteiger partial charge in [0, 0.05) is 38.3 Å². The summed E-state index contributed by atoms with van der Waals surface area (Å²) < 4.78 is 5.91. The van der Waals surface area contributed by atoms with Crippen molar-refractivity contribution in [2.45, 2.75) is 26.5 Å². The lowest BCUT2D eigenvalue weighted by molar-refractivity contribution is 0.0628. The fraction of sp³-hybridized carbons (Fsp3) is 0.296. The molecule has 1 aliphatic heterocycles. The van der Waals surface area contributed by atoms with Crippen LogP contribution in [0.25, 0.3) is 0 Å². The molecule has 0 saturated carbocycles. The highest BCUT2D eigenvalue weighted by atomic mass is 16.5. The van der Waals surface area contributed by atoms with Crippen LogP contribution in [0.4, 0.5) is 0 Å². The summed E-state index contributed by atoms with van der Waals surface area (Å²) in [4.78, 5) is 17.4. The van der Waals surface area contributed by atoms with Crippen LogP contribution in [0.1, 0.15) is 34.0 Å². The molecule has 4 heteroatoms. The van der Waals surface area contributed by atoms with Gasteiger partial charge in [-0.3, -0.25) is 9.69 Å². The standard InChI is InChI=1S/C27H30N2O2/c1-2-22-11-13-26(14-12-22)31-21-24-9-6-10-25(19-24)27(30)29-17-15-28(16-18-29)20-23-7-4-3-5-8-23/h3-14,19H,2,15-18,20-21H2,1H3. The third kappa shape index (κ3) is 5.74. The number of hydrogen-bond donors (Lipinski definition) is 0. The van der Waals surface area contributed by atoms with Crippen LogP contribution in [0.5, 0.6) is 5.75 Å². The van der Waals surface area contributed by atoms with Gasteiger partial charge in [-0.1, -0.05) is 61.5 Å². The Morgan fingerprint density at radius 3 is 2.23 bits per heavy atom. The first kappa shape index (κ1) is 21.1. The van der Waals surface area contributed by atoms with Gasteiger partial charge < -0.3 is 9.64 Å². The highest BCUT2D eigenvalue weighted by molar-refractivity contribution is 5.94. The number of aryl methyl sites for hydroxylation is 1. The molecule has 1 heterocycles. The molecule has 3 aromatic rings. The molecule has 4 nitrogen and oxygen atoms in total. The highest BCUT2D eigenvalue weighted by Crippen LogP contribution is 2.17. The third-order valence-electron chi connectivity index (χ3n) is 5.82. The molecule has 3 aromatic carbocycles. The normalized spacial score (nSPS) is 14.4. The molecule has 0 spiro atoms. The predicted octanol–water partition coefficient (Wildman–Crippen LogP) is 4.79. The third-order valence-corrected chi connectivity index (χ3v) is 5.82. The lowest BCUT2D eigenvalue weighted by Crippen LogP contribution is -2.48. The molecule has 1 fully saturated rings. The maximum Gasteiger partial charge on any atom is 0.253 e. The highest BCUT2D eigenvalue weighted by Gasteiger charge is 2.22. The van der Waals surface area contributed by atoms with Crippen molar-refractivity contribution in [2.75, 3.05) is 26.2 Å². The first-order valence-electron chi connectivity index (χ1n) is 11.1. The van der Waals surface area contributed by atoms with E-state index in [1.165, 1.54) is 11.1 Å². The molecule has 0 unspecified atom stereocenters. The van der Waals surface area contributed by atoms with Crippen LogP contribution >= 0.6 is 0 Å². The molecule has 4 rings (SSSR count). The second kappa shape index (κ2) is 10.3. The van der Waals surface area contributed by atoms with Crippen molar-refractivity contribution in [1.82, 2.24) is 9.80 Å². The van der Waals surface area contributed by atoms with E-state index in [1.54, 1.807) is 0 Å². The summed E-state index contributed by atoms with van der Waals surface area (Å²) in [6.07, 6.45) is 1.02. The van der Waals surface area contributed by atoms with Crippen LogP contribution in [0.3, 0.4) is 0 Å². The van der Waals surface area contributed by atoms with Gasteiger partial charge in [0.15, 0.2) is 0 Å². The smallest absolute Gasteiger partial charge is 0.253 e. The van der Waals surface area contributed by atoms with Gasteiger partial charge in [-0.15, -0.1) is 0 Å². The Morgan fingerprint density at radius 2 is 1.52 bits per heavy atom. The molecule has 0 aliphatic carbocycles. The molecular formula is C27H30N2O2. The number of rotatable bonds is 7. The summed E-state index contributed by atoms with van der Waals surface area (Å²) in [6, 6.07) is 26.5. The second-order valence-corrected chi connectivity index (χ2v) is 8.04. The Morgan fingerprint density at radius 1 is 0.806 bits per heavy atom. The number of hydrogen-bond acceptors (Lipinski definition) is 3. The van der Waals surface area contributed by atoms with Crippen molar-refractivity contribution in [3.8, 4) is 5.75 Å². The average Bonchev–Trinajstić information content (AvgIpc) is 2.84. The van der Waals surface area contributed by atoms with Crippen LogP contribution in [-0.4, -0.2) is 41.9 Å². The molecule has 0 N–H and O–H groups in total. The number of ether oxygens (including phenoxy) is 1. The minimum absolute atomic E-state index is 0.105. The molecule has 160 valence electrons. The molecular weight excluding hydrogens is 384 g/mol. The lowest BCUT2D eigenvalue weighted by Gasteiger charge is -2.34. The van der Waals surface area contributed by atoms with Crippen molar-refractivity contribution in [1.29, 1.82) is 0 Å². The molecule has 1 amide bonds. The molecule has 0 bridgehead atoms. The van der Waals surface area contributed by atoms with E-state index in [9.17, 15) is 4.79 Å². The summed E-state index contributed by atoms with van der Waals surface area (Å²) in [5.41, 5.74) is 4.36. The van der Waals surface area contributed by atoms with Crippen LogP contribution < -0.4 is 4.74 Å². The number of amides is 1. The number of nitrogens with zero attached hydrogens (tertiary/aromatic N) is 2. The zero-order valence-electron chi connectivity index (χ0n) is 18.2. The molecule has 1 aliphatic rings. The van der Waals surface area contributed by atoms with E-state index in [0.29, 0.717) is 6.61 Å². The van der Waals surface area contributed by atoms with Crippen molar-refractivity contribution >= 4 is 5.91 Å². The largest absolute Gasteiger partial charge is 0.489 e. The Hall–Kier alpha value is -3.11. The fourth-order valence-corrected chi connectivity index (χ4v) is 3.92. The van der Waals surface area contributed by atoms with Crippen molar-refractivity contribution in [2.24, 2.45) is 0 Å². The van der Waals surface area contributed by atoms with E-state index >= 15 is 0 Å². The molecule has 0 atom stereocenters. The monoisotopic (exact) mass is 414 g/mol. The number of carbonyl (C=O) groups is 1. The zero-order valence-corrected chi connectivity index (χ0v) is 18.2. The minimum Gasteiger partial charge on any atom is -0.489 e. The van der Waals surface area contributed by atoms with Gasteiger partial charge in [0.25, 0.3) is 5.91 Å². The van der Waals surface area contributed by atoms with Crippen LogP contribution in [-0.2, 0) is 19.6 Å². The number of carbonyl (C=O) groups excluding carboxylic acids is 1. The predicted molar refractivity (Wildman–Crippen MR) is 124 cm³/mol. The van der Waals surface area contributed by atoms with Gasteiger partial charge >= 0.3 is 0 Å². The van der Waals surface area contributed by atoms with Crippen LogP contribution in [0.15, 0.2) is 78.9 Å². The minimum atomic E-state index is 0.105. The molecule has 1 saturated heterocycles. The number of piperazine rings is 1. The van der Waals surface area contributed by atoms with Crippen LogP contribution in [0, 0.1) is 0 Å². The summed E-state index contributed by atoms with van der Waals surface area (Å²) in [5, 5.41) is 0. The van der Waals surface area contributed by atoms with Crippen molar-refractivity contribution in [3.05, 3.63) is 101 Å². The van der Waals surface area contributed by atoms with Gasteiger partial charge in [-0.2, -0.15) is 0 Å². The maximum absolute atomic E-state index is 13.0. The zero-order chi connectivity index (χ0) is 21.5. The first-order chi connectivity index (χ1) is 15.2. The topological polar surface area (TPSA) is 32.8 Å². The SMILES string of the molecule is CCc1ccc(OCc2cccc(C(=O)N3CCN(Cc4ccccc4)CC3)c2)cc1. The Balaban J connectivity index is 1.30. The van der Waals surface area contributed by atoms with E-state index in [0.717, 1.165) is 56.0 Å². The first-order valence-corrected chi connectivity index (χ1v) is 11.1. The second-order valence-electron chi connectivity index (χ2n) is 8.04. The Kier molecular flexibility index (Phi) is 7.00. The summed E-state index contributed by atoms with van der Waals surface area (Å²) >= 11 is 0. The summed E-state index contributed by atoms with van der Waals surface area (Å²) in [7, 11) is 0. The molecule has 0 aromatic heterocycles. The summed E-state index contributed by atoms with van der Waals surface area (Å²) in [6.45, 7) is 6.86. The Bertz CT molecular complexity index is 978. The maximum atomic E-state index is 13.0. The summed E-state index contributed by atoms with van der Waals surface area (Å²) in [5.74, 6) is 0.956. The van der Waals surface area contributed by atoms with Gasteiger partial charge in [0.1, 0.15) is 12.4 Å². The van der Waals surface area contributed by atoms with E-state index in [2.05, 4.69) is 48.2 Å². The lowest BCUT2D eigenvalue weighted by atomic mass is 10.1. The average molecular weight is 415 g/mol. The fourth-order valence-electron chi connectivity index (χ4n) is 3.92. The van der Waals surface area contributed by atoms with Crippen LogP contribution in [0.2, 0.25) is 0 Å². The van der Waals surface area contributed by atoms with Gasteiger partial charge in [0.2, 0.25) is 0 Å². The Labute approximate surface area is 185 Å². The number of benzene rings is 3. The van der Waals surface area contributed by atoms with Crippen molar-refractivity contribution in [3.63, 3.8) is 0 Å². The quantitative estimate of drug-likeness (QED) is 0.557. The van der Waals surface area contributed by atoms with E-state index in [1.807, 2.05) is 47.4 Å². The van der Waals surface area contributed by atoms with E-state index in [-0.39, 0.29) is 5.91 Å². The van der Waals surface area contributed by atoms with E-state index in [4.69, 9.17) is 4.74 Å². The van der Waals surface area contributed by atoms with Gasteiger partial charge in [-0.25, -0.2) is 0 Å². The van der Waals surface area contributed by atoms with Gasteiger partial charge in [0.05, 0.1) is 0 Å². The van der Waals surface area contributed by atoms with Crippen molar-refractivity contribution < 1.29 is 9.53 Å². The van der Waals surface area contributed by atoms with Gasteiger partial charge in [-0.05, 0) is 47.4 Å². The molecule has 0 radical (unpaired) electrons. The molecule has 31 heavy (non-hydrogen) atoms. The van der Waals surface area contributed by atoms with E-state index < -0.39 is 0 Å².